The minimum atomic E-state index is -2.69. The predicted molar refractivity (Wildman–Crippen MR) is 63.0 cm³/mol. The fourth-order valence-electron chi connectivity index (χ4n) is 1.46. The van der Waals surface area contributed by atoms with Gasteiger partial charge in [-0.2, -0.15) is 0 Å². The van der Waals surface area contributed by atoms with Gasteiger partial charge in [-0.15, -0.1) is 12.4 Å². The topological polar surface area (TPSA) is 30.8 Å². The van der Waals surface area contributed by atoms with Crippen LogP contribution in [-0.4, -0.2) is 26.8 Å². The first-order valence-electron chi connectivity index (χ1n) is 7.19. The van der Waals surface area contributed by atoms with E-state index in [2.05, 4.69) is 4.99 Å². The number of hydrogen-bond donors (Lipinski definition) is 0. The van der Waals surface area contributed by atoms with Crippen molar-refractivity contribution in [1.82, 2.24) is 0 Å². The third-order valence-corrected chi connectivity index (χ3v) is 2.17. The summed E-state index contributed by atoms with van der Waals surface area (Å²) in [6.45, 7) is 0.597. The Morgan fingerprint density at radius 3 is 2.73 bits per heavy atom. The van der Waals surface area contributed by atoms with Crippen LogP contribution in [0.5, 0.6) is 11.5 Å². The van der Waals surface area contributed by atoms with E-state index in [1.165, 1.54) is 12.1 Å². The number of aliphatic imine (C=N–C) groups is 1. The Morgan fingerprint density at radius 1 is 1.27 bits per heavy atom. The average Bonchev–Trinajstić information content (AvgIpc) is 2.26. The number of ether oxygens (including phenoxy) is 2. The molecule has 0 bridgehead atoms. The van der Waals surface area contributed by atoms with E-state index in [4.69, 9.17) is 17.7 Å². The Morgan fingerprint density at radius 2 is 2.00 bits per heavy atom. The largest absolute Gasteiger partial charge is 0.493 e. The molecule has 0 radical (unpaired) electrons. The fourth-order valence-corrected chi connectivity index (χ4v) is 1.46. The molecule has 0 amide bonds. The molecule has 0 saturated heterocycles. The Labute approximate surface area is 104 Å². The monoisotopic (exact) mass is 233 g/mol. The van der Waals surface area contributed by atoms with Crippen molar-refractivity contribution in [3.63, 3.8) is 0 Å². The quantitative estimate of drug-likeness (QED) is 0.783. The number of methoxy groups -OCH3 is 2. The molecule has 2 rings (SSSR count). The van der Waals surface area contributed by atoms with Gasteiger partial charge >= 0.3 is 0 Å². The standard InChI is InChI=1S/C11H13NO2.ClH/c1-13-10-5-8-3-4-12-7-9(8)6-11(10)14-2;/h5-7H,3-4H2,1-2H3;1H/i1D3,2D3;. The molecule has 0 unspecified atom stereocenters. The molecule has 1 aliphatic heterocycles. The zero-order valence-corrected chi connectivity index (χ0v) is 8.63. The lowest BCUT2D eigenvalue weighted by atomic mass is 10.0. The van der Waals surface area contributed by atoms with Crippen molar-refractivity contribution >= 4 is 18.6 Å². The summed E-state index contributed by atoms with van der Waals surface area (Å²) in [6.07, 6.45) is 2.24. The predicted octanol–water partition coefficient (Wildman–Crippen LogP) is 2.10. The van der Waals surface area contributed by atoms with E-state index in [-0.39, 0.29) is 23.9 Å². The molecule has 0 aliphatic carbocycles. The van der Waals surface area contributed by atoms with Crippen LogP contribution in [0, 0.1) is 0 Å². The van der Waals surface area contributed by atoms with Crippen LogP contribution in [0.4, 0.5) is 0 Å². The minimum Gasteiger partial charge on any atom is -0.493 e. The highest BCUT2D eigenvalue weighted by molar-refractivity contribution is 5.85. The molecule has 1 heterocycles. The number of halogens is 1. The molecule has 3 nitrogen and oxygen atoms in total. The number of nitrogens with zero attached hydrogens (tertiary/aromatic N) is 1. The lowest BCUT2D eigenvalue weighted by Gasteiger charge is -2.14. The maximum absolute atomic E-state index is 7.13. The zero-order valence-electron chi connectivity index (χ0n) is 13.8. The van der Waals surface area contributed by atoms with E-state index in [1.54, 1.807) is 6.21 Å². The fraction of sp³-hybridized carbons (Fsp3) is 0.364. The van der Waals surface area contributed by atoms with Gasteiger partial charge in [-0.1, -0.05) is 0 Å². The van der Waals surface area contributed by atoms with Gasteiger partial charge in [0.1, 0.15) is 0 Å². The van der Waals surface area contributed by atoms with E-state index < -0.39 is 14.1 Å². The van der Waals surface area contributed by atoms with Crippen LogP contribution in [0.1, 0.15) is 19.4 Å². The molecule has 0 aromatic heterocycles. The van der Waals surface area contributed by atoms with Gasteiger partial charge in [0.05, 0.1) is 22.3 Å². The highest BCUT2D eigenvalue weighted by Crippen LogP contribution is 2.30. The molecule has 0 N–H and O–H groups in total. The van der Waals surface area contributed by atoms with Crippen molar-refractivity contribution in [3.8, 4) is 11.5 Å². The van der Waals surface area contributed by atoms with Crippen molar-refractivity contribution in [2.45, 2.75) is 6.42 Å². The summed E-state index contributed by atoms with van der Waals surface area (Å²) < 4.78 is 52.4. The molecule has 4 heteroatoms. The van der Waals surface area contributed by atoms with Crippen molar-refractivity contribution in [2.24, 2.45) is 4.99 Å². The minimum absolute atomic E-state index is 0. The Balaban J connectivity index is 0.00000220. The van der Waals surface area contributed by atoms with Gasteiger partial charge in [0, 0.05) is 12.8 Å². The third kappa shape index (κ3) is 2.23. The molecule has 0 saturated carbocycles. The molecule has 0 spiro atoms. The van der Waals surface area contributed by atoms with Gasteiger partial charge in [-0.3, -0.25) is 4.99 Å². The second-order valence-corrected chi connectivity index (χ2v) is 2.99. The molecular formula is C11H14ClNO2. The summed E-state index contributed by atoms with van der Waals surface area (Å²) >= 11 is 0. The van der Waals surface area contributed by atoms with Gasteiger partial charge in [0.15, 0.2) is 11.5 Å². The van der Waals surface area contributed by atoms with Crippen LogP contribution in [0.2, 0.25) is 0 Å². The lowest BCUT2D eigenvalue weighted by molar-refractivity contribution is 0.354. The highest BCUT2D eigenvalue weighted by atomic mass is 35.5. The summed E-state index contributed by atoms with van der Waals surface area (Å²) in [5.41, 5.74) is 1.55. The van der Waals surface area contributed by atoms with Crippen LogP contribution >= 0.6 is 12.4 Å². The second kappa shape index (κ2) is 5.03. The molecule has 1 aliphatic rings. The molecule has 1 aromatic rings. The van der Waals surface area contributed by atoms with Gasteiger partial charge in [0.2, 0.25) is 0 Å². The van der Waals surface area contributed by atoms with Crippen LogP contribution in [0.25, 0.3) is 0 Å². The van der Waals surface area contributed by atoms with E-state index >= 15 is 0 Å². The maximum Gasteiger partial charge on any atom is 0.161 e. The number of rotatable bonds is 2. The van der Waals surface area contributed by atoms with Crippen LogP contribution in [0.15, 0.2) is 17.1 Å². The summed E-state index contributed by atoms with van der Waals surface area (Å²) in [5.74, 6) is -0.233. The maximum atomic E-state index is 7.13. The van der Waals surface area contributed by atoms with E-state index in [0.29, 0.717) is 18.5 Å². The lowest BCUT2D eigenvalue weighted by Crippen LogP contribution is -2.04. The van der Waals surface area contributed by atoms with E-state index in [9.17, 15) is 0 Å². The first kappa shape index (κ1) is 5.75. The summed E-state index contributed by atoms with van der Waals surface area (Å²) in [5, 5.41) is 0. The van der Waals surface area contributed by atoms with Crippen LogP contribution in [-0.2, 0) is 6.42 Å². The Bertz CT molecular complexity index is 541. The number of fused-ring (bicyclic) bond motifs is 1. The molecule has 15 heavy (non-hydrogen) atoms. The summed E-state index contributed by atoms with van der Waals surface area (Å²) in [6, 6.07) is 2.93. The van der Waals surface area contributed by atoms with Crippen LogP contribution in [0.3, 0.4) is 0 Å². The van der Waals surface area contributed by atoms with Gasteiger partial charge in [-0.25, -0.2) is 0 Å². The van der Waals surface area contributed by atoms with Gasteiger partial charge in [-0.05, 0) is 29.7 Å². The van der Waals surface area contributed by atoms with Crippen molar-refractivity contribution in [1.29, 1.82) is 0 Å². The molecular weight excluding hydrogens is 214 g/mol. The smallest absolute Gasteiger partial charge is 0.161 e. The Hall–Kier alpha value is -1.22. The molecule has 0 fully saturated rings. The first-order valence-corrected chi connectivity index (χ1v) is 4.19. The zero-order chi connectivity index (χ0) is 15.0. The molecule has 0 atom stereocenters. The summed E-state index contributed by atoms with van der Waals surface area (Å²) in [7, 11) is -5.36. The number of benzene rings is 1. The van der Waals surface area contributed by atoms with E-state index in [1.807, 2.05) is 0 Å². The number of hydrogen-bond acceptors (Lipinski definition) is 3. The van der Waals surface area contributed by atoms with Crippen molar-refractivity contribution in [3.05, 3.63) is 23.3 Å². The first-order chi connectivity index (χ1) is 9.14. The average molecular weight is 234 g/mol. The van der Waals surface area contributed by atoms with Crippen molar-refractivity contribution in [2.75, 3.05) is 20.6 Å². The van der Waals surface area contributed by atoms with Crippen molar-refractivity contribution < 1.29 is 17.7 Å². The van der Waals surface area contributed by atoms with E-state index in [0.717, 1.165) is 5.56 Å². The molecule has 82 valence electrons. The van der Waals surface area contributed by atoms with Gasteiger partial charge < -0.3 is 9.47 Å². The highest BCUT2D eigenvalue weighted by Gasteiger charge is 2.11. The second-order valence-electron chi connectivity index (χ2n) is 2.99. The SMILES string of the molecule is Cl.[2H]C([2H])([2H])Oc1cc2c(cc1OC([2H])([2H])[2H])CCN=C2. The summed E-state index contributed by atoms with van der Waals surface area (Å²) in [4.78, 5) is 4.09. The third-order valence-electron chi connectivity index (χ3n) is 2.17. The Kier molecular flexibility index (Phi) is 1.93. The van der Waals surface area contributed by atoms with Gasteiger partial charge in [0.25, 0.3) is 0 Å². The van der Waals surface area contributed by atoms with Crippen LogP contribution < -0.4 is 9.47 Å². The normalized spacial score (nSPS) is 20.3. The molecule has 1 aromatic carbocycles.